The van der Waals surface area contributed by atoms with Crippen molar-refractivity contribution in [2.75, 3.05) is 27.7 Å². The number of sulfonamides is 1. The third-order valence-corrected chi connectivity index (χ3v) is 4.05. The summed E-state index contributed by atoms with van der Waals surface area (Å²) < 4.78 is 31.3. The van der Waals surface area contributed by atoms with E-state index in [0.29, 0.717) is 0 Å². The summed E-state index contributed by atoms with van der Waals surface area (Å²) in [4.78, 5) is 23.3. The minimum Gasteiger partial charge on any atom is -0.495 e. The van der Waals surface area contributed by atoms with Gasteiger partial charge in [0.25, 0.3) is 0 Å². The second kappa shape index (κ2) is 6.55. The van der Waals surface area contributed by atoms with Gasteiger partial charge in [0.05, 0.1) is 19.2 Å². The maximum absolute atomic E-state index is 12.1. The van der Waals surface area contributed by atoms with Crippen molar-refractivity contribution in [2.24, 2.45) is 0 Å². The fraction of sp³-hybridized carbons (Fsp3) is 0.333. The third-order valence-electron chi connectivity index (χ3n) is 2.61. The number of carboxylic acids is 1. The molecule has 0 radical (unpaired) electrons. The normalized spacial score (nSPS) is 11.0. The van der Waals surface area contributed by atoms with Crippen LogP contribution in [0.1, 0.15) is 10.4 Å². The van der Waals surface area contributed by atoms with Gasteiger partial charge in [-0.05, 0) is 18.2 Å². The number of carbonyl (C=O) groups excluding carboxylic acids is 1. The maximum Gasteiger partial charge on any atom is 0.335 e. The summed E-state index contributed by atoms with van der Waals surface area (Å²) in [5, 5.41) is 8.86. The van der Waals surface area contributed by atoms with E-state index >= 15 is 0 Å². The van der Waals surface area contributed by atoms with Gasteiger partial charge in [0.2, 0.25) is 15.9 Å². The highest BCUT2D eigenvalue weighted by molar-refractivity contribution is 7.89. The number of amides is 1. The number of rotatable bonds is 6. The number of carbonyl (C=O) groups is 2. The molecule has 0 atom stereocenters. The Bertz CT molecular complexity index is 654. The monoisotopic (exact) mass is 316 g/mol. The van der Waals surface area contributed by atoms with E-state index in [-0.39, 0.29) is 16.2 Å². The van der Waals surface area contributed by atoms with Crippen molar-refractivity contribution in [3.05, 3.63) is 23.8 Å². The molecule has 1 amide bonds. The van der Waals surface area contributed by atoms with Gasteiger partial charge in [-0.2, -0.15) is 0 Å². The molecular formula is C12H16N2O6S. The van der Waals surface area contributed by atoms with Gasteiger partial charge in [0.15, 0.2) is 0 Å². The molecule has 0 heterocycles. The molecule has 0 saturated carbocycles. The van der Waals surface area contributed by atoms with Crippen LogP contribution in [0.25, 0.3) is 0 Å². The predicted molar refractivity (Wildman–Crippen MR) is 73.8 cm³/mol. The predicted octanol–water partition coefficient (Wildman–Crippen LogP) is -0.240. The summed E-state index contributed by atoms with van der Waals surface area (Å²) in [6.45, 7) is -0.404. The topological polar surface area (TPSA) is 113 Å². The highest BCUT2D eigenvalue weighted by Gasteiger charge is 2.22. The summed E-state index contributed by atoms with van der Waals surface area (Å²) in [7, 11) is 0.235. The second-order valence-corrected chi connectivity index (χ2v) is 6.02. The average Bonchev–Trinajstić information content (AvgIpc) is 2.43. The number of likely N-dealkylation sites (N-methyl/N-ethyl adjacent to an activating group) is 1. The highest BCUT2D eigenvalue weighted by atomic mass is 32.2. The largest absolute Gasteiger partial charge is 0.495 e. The van der Waals surface area contributed by atoms with Crippen molar-refractivity contribution < 1.29 is 27.9 Å². The molecule has 1 rings (SSSR count). The minimum absolute atomic E-state index is 0.102. The Morgan fingerprint density at radius 1 is 1.33 bits per heavy atom. The third kappa shape index (κ3) is 4.17. The first-order valence-electron chi connectivity index (χ1n) is 5.80. The number of ether oxygens (including phenoxy) is 1. The summed E-state index contributed by atoms with van der Waals surface area (Å²) in [5.74, 6) is -1.73. The minimum atomic E-state index is -3.99. The summed E-state index contributed by atoms with van der Waals surface area (Å²) in [6.07, 6.45) is 0. The molecule has 1 aromatic rings. The first kappa shape index (κ1) is 16.9. The Balaban J connectivity index is 3.08. The molecule has 116 valence electrons. The van der Waals surface area contributed by atoms with E-state index in [4.69, 9.17) is 9.84 Å². The van der Waals surface area contributed by atoms with Crippen molar-refractivity contribution in [2.45, 2.75) is 4.90 Å². The maximum atomic E-state index is 12.1. The van der Waals surface area contributed by atoms with Gasteiger partial charge in [-0.25, -0.2) is 17.9 Å². The molecular weight excluding hydrogens is 300 g/mol. The second-order valence-electron chi connectivity index (χ2n) is 4.28. The van der Waals surface area contributed by atoms with Crippen molar-refractivity contribution in [3.63, 3.8) is 0 Å². The lowest BCUT2D eigenvalue weighted by Crippen LogP contribution is -2.36. The highest BCUT2D eigenvalue weighted by Crippen LogP contribution is 2.24. The Morgan fingerprint density at radius 3 is 2.43 bits per heavy atom. The molecule has 1 aromatic carbocycles. The van der Waals surface area contributed by atoms with Gasteiger partial charge in [-0.1, -0.05) is 0 Å². The molecule has 0 aromatic heterocycles. The van der Waals surface area contributed by atoms with Crippen LogP contribution >= 0.6 is 0 Å². The summed E-state index contributed by atoms with van der Waals surface area (Å²) in [6, 6.07) is 3.36. The van der Waals surface area contributed by atoms with Gasteiger partial charge in [-0.15, -0.1) is 0 Å². The number of nitrogens with zero attached hydrogens (tertiary/aromatic N) is 1. The Labute approximate surface area is 122 Å². The van der Waals surface area contributed by atoms with Crippen molar-refractivity contribution in [3.8, 4) is 5.75 Å². The van der Waals surface area contributed by atoms with Crippen LogP contribution in [0.3, 0.4) is 0 Å². The van der Waals surface area contributed by atoms with Crippen molar-refractivity contribution in [1.29, 1.82) is 0 Å². The SMILES string of the molecule is COc1cc(C(=O)O)ccc1S(=O)(=O)NCC(=O)N(C)C. The van der Waals surface area contributed by atoms with E-state index in [1.54, 1.807) is 0 Å². The van der Waals surface area contributed by atoms with Crippen LogP contribution in [0.5, 0.6) is 5.75 Å². The van der Waals surface area contributed by atoms with E-state index in [9.17, 15) is 18.0 Å². The Kier molecular flexibility index (Phi) is 5.28. The van der Waals surface area contributed by atoms with E-state index in [1.807, 2.05) is 0 Å². The van der Waals surface area contributed by atoms with Crippen LogP contribution in [-0.2, 0) is 14.8 Å². The number of aromatic carboxylic acids is 1. The number of nitrogens with one attached hydrogen (secondary N) is 1. The molecule has 8 nitrogen and oxygen atoms in total. The van der Waals surface area contributed by atoms with E-state index in [1.165, 1.54) is 26.1 Å². The number of carboxylic acid groups (broad SMARTS) is 1. The van der Waals surface area contributed by atoms with Crippen LogP contribution < -0.4 is 9.46 Å². The van der Waals surface area contributed by atoms with Crippen molar-refractivity contribution in [1.82, 2.24) is 9.62 Å². The lowest BCUT2D eigenvalue weighted by Gasteiger charge is -2.13. The van der Waals surface area contributed by atoms with Gasteiger partial charge in [0.1, 0.15) is 10.6 Å². The van der Waals surface area contributed by atoms with Crippen LogP contribution in [-0.4, -0.2) is 58.1 Å². The molecule has 0 unspecified atom stereocenters. The first-order chi connectivity index (χ1) is 9.69. The standard InChI is InChI=1S/C12H16N2O6S/c1-14(2)11(15)7-13-21(18,19)10-5-4-8(12(16)17)6-9(10)20-3/h4-6,13H,7H2,1-3H3,(H,16,17). The van der Waals surface area contributed by atoms with E-state index in [0.717, 1.165) is 18.2 Å². The van der Waals surface area contributed by atoms with E-state index < -0.39 is 28.4 Å². The lowest BCUT2D eigenvalue weighted by molar-refractivity contribution is -0.127. The van der Waals surface area contributed by atoms with Crippen molar-refractivity contribution >= 4 is 21.9 Å². The first-order valence-corrected chi connectivity index (χ1v) is 7.28. The number of methoxy groups -OCH3 is 1. The Morgan fingerprint density at radius 2 is 1.95 bits per heavy atom. The summed E-state index contributed by atoms with van der Waals surface area (Å²) >= 11 is 0. The van der Waals surface area contributed by atoms with Gasteiger partial charge in [-0.3, -0.25) is 4.79 Å². The molecule has 0 aliphatic carbocycles. The summed E-state index contributed by atoms with van der Waals surface area (Å²) in [5.41, 5.74) is -0.102. The molecule has 0 aliphatic rings. The molecule has 2 N–H and O–H groups in total. The fourth-order valence-corrected chi connectivity index (χ4v) is 2.54. The molecule has 9 heteroatoms. The average molecular weight is 316 g/mol. The van der Waals surface area contributed by atoms with Crippen LogP contribution in [0, 0.1) is 0 Å². The van der Waals surface area contributed by atoms with Gasteiger partial charge < -0.3 is 14.7 Å². The van der Waals surface area contributed by atoms with Crippen LogP contribution in [0.15, 0.2) is 23.1 Å². The van der Waals surface area contributed by atoms with Gasteiger partial charge in [0, 0.05) is 14.1 Å². The van der Waals surface area contributed by atoms with Gasteiger partial charge >= 0.3 is 5.97 Å². The molecule has 0 spiro atoms. The molecule has 21 heavy (non-hydrogen) atoms. The molecule has 0 fully saturated rings. The zero-order chi connectivity index (χ0) is 16.2. The zero-order valence-corrected chi connectivity index (χ0v) is 12.6. The number of benzene rings is 1. The zero-order valence-electron chi connectivity index (χ0n) is 11.8. The van der Waals surface area contributed by atoms with Crippen LogP contribution in [0.2, 0.25) is 0 Å². The molecule has 0 aliphatic heterocycles. The number of hydrogen-bond donors (Lipinski definition) is 2. The van der Waals surface area contributed by atoms with Crippen LogP contribution in [0.4, 0.5) is 0 Å². The number of hydrogen-bond acceptors (Lipinski definition) is 5. The fourth-order valence-electron chi connectivity index (χ4n) is 1.42. The smallest absolute Gasteiger partial charge is 0.335 e. The Hall–Kier alpha value is -2.13. The van der Waals surface area contributed by atoms with E-state index in [2.05, 4.69) is 4.72 Å². The lowest BCUT2D eigenvalue weighted by atomic mass is 10.2. The quantitative estimate of drug-likeness (QED) is 0.749. The molecule has 0 bridgehead atoms. The molecule has 0 saturated heterocycles.